The van der Waals surface area contributed by atoms with E-state index in [4.69, 9.17) is 0 Å². The summed E-state index contributed by atoms with van der Waals surface area (Å²) in [5.41, 5.74) is -0.524. The van der Waals surface area contributed by atoms with E-state index in [1.54, 1.807) is 26.0 Å². The number of aryl methyl sites for hydroxylation is 1. The Morgan fingerprint density at radius 1 is 1.17 bits per heavy atom. The minimum atomic E-state index is -4.64. The van der Waals surface area contributed by atoms with Gasteiger partial charge >= 0.3 is 6.18 Å². The van der Waals surface area contributed by atoms with Crippen molar-refractivity contribution in [2.24, 2.45) is 5.92 Å². The Labute approximate surface area is 196 Å². The van der Waals surface area contributed by atoms with Gasteiger partial charge in [0.1, 0.15) is 11.5 Å². The molecule has 1 fully saturated rings. The van der Waals surface area contributed by atoms with E-state index in [2.05, 4.69) is 30.5 Å². The van der Waals surface area contributed by atoms with Crippen molar-refractivity contribution in [3.63, 3.8) is 0 Å². The van der Waals surface area contributed by atoms with Gasteiger partial charge in [0.05, 0.1) is 37.4 Å². The first kappa shape index (κ1) is 24.4. The molecule has 186 valence electrons. The zero-order valence-corrected chi connectivity index (χ0v) is 18.7. The Kier molecular flexibility index (Phi) is 6.38. The Morgan fingerprint density at radius 3 is 2.51 bits per heavy atom. The summed E-state index contributed by atoms with van der Waals surface area (Å²) in [6.07, 6.45) is -0.812. The zero-order valence-electron chi connectivity index (χ0n) is 18.7. The quantitative estimate of drug-likeness (QED) is 0.541. The number of pyridine rings is 1. The average Bonchev–Trinajstić information content (AvgIpc) is 3.31. The molecule has 1 aliphatic heterocycles. The molecular weight excluding hydrogens is 475 g/mol. The maximum Gasteiger partial charge on any atom is 0.434 e. The molecule has 1 N–H and O–H groups in total. The van der Waals surface area contributed by atoms with Gasteiger partial charge in [-0.05, 0) is 25.0 Å². The van der Waals surface area contributed by atoms with Gasteiger partial charge in [-0.1, -0.05) is 6.92 Å². The highest BCUT2D eigenvalue weighted by Gasteiger charge is 2.46. The van der Waals surface area contributed by atoms with E-state index in [9.17, 15) is 26.7 Å². The number of carbonyl (C=O) groups excluding carboxylic acids is 1. The molecule has 0 saturated carbocycles. The number of carbonyl (C=O) groups is 1. The van der Waals surface area contributed by atoms with Gasteiger partial charge in [0.2, 0.25) is 0 Å². The van der Waals surface area contributed by atoms with Crippen LogP contribution in [0.1, 0.15) is 35.2 Å². The fourth-order valence-corrected chi connectivity index (χ4v) is 4.00. The topological polar surface area (TPSA) is 102 Å². The summed E-state index contributed by atoms with van der Waals surface area (Å²) < 4.78 is 67.3. The molecular formula is C21H21F5N8O. The lowest BCUT2D eigenvalue weighted by molar-refractivity contribution is -0.141. The third kappa shape index (κ3) is 5.35. The number of aromatic nitrogens is 6. The van der Waals surface area contributed by atoms with E-state index >= 15 is 0 Å². The van der Waals surface area contributed by atoms with Crippen LogP contribution < -0.4 is 5.32 Å². The van der Waals surface area contributed by atoms with Gasteiger partial charge in [0.25, 0.3) is 11.8 Å². The molecule has 1 saturated heterocycles. The first-order valence-electron chi connectivity index (χ1n) is 10.6. The number of piperidine rings is 1. The van der Waals surface area contributed by atoms with Crippen molar-refractivity contribution in [1.82, 2.24) is 34.8 Å². The molecule has 3 aromatic rings. The van der Waals surface area contributed by atoms with Crippen LogP contribution in [0.25, 0.3) is 5.69 Å². The van der Waals surface area contributed by atoms with Crippen LogP contribution in [0.5, 0.6) is 0 Å². The lowest BCUT2D eigenvalue weighted by atomic mass is 9.88. The van der Waals surface area contributed by atoms with Crippen molar-refractivity contribution in [3.05, 3.63) is 54.0 Å². The van der Waals surface area contributed by atoms with Crippen molar-refractivity contribution >= 4 is 11.7 Å². The second-order valence-corrected chi connectivity index (χ2v) is 8.34. The smallest absolute Gasteiger partial charge is 0.367 e. The van der Waals surface area contributed by atoms with Gasteiger partial charge < -0.3 is 10.2 Å². The molecule has 14 heteroatoms. The Bertz CT molecular complexity index is 1180. The number of hydrogen-bond donors (Lipinski definition) is 1. The number of nitrogens with zero attached hydrogens (tertiary/aromatic N) is 7. The summed E-state index contributed by atoms with van der Waals surface area (Å²) in [5.74, 6) is -4.50. The number of amides is 1. The monoisotopic (exact) mass is 496 g/mol. The second kappa shape index (κ2) is 9.15. The highest BCUT2D eigenvalue weighted by Crippen LogP contribution is 2.35. The van der Waals surface area contributed by atoms with Crippen molar-refractivity contribution in [3.8, 4) is 5.69 Å². The Hall–Kier alpha value is -3.71. The number of halogens is 5. The SMILES string of the molecule is Cc1ccc(-n2nccn2)c(C(=O)N2CC(F)(F)CC(C)[C@H]2CNc2cnc(C(F)(F)F)cn2)n1. The minimum Gasteiger partial charge on any atom is -0.367 e. The van der Waals surface area contributed by atoms with E-state index in [1.165, 1.54) is 17.2 Å². The molecule has 35 heavy (non-hydrogen) atoms. The second-order valence-electron chi connectivity index (χ2n) is 8.34. The number of rotatable bonds is 5. The molecule has 0 bridgehead atoms. The van der Waals surface area contributed by atoms with Crippen LogP contribution in [-0.4, -0.2) is 65.8 Å². The number of anilines is 1. The standard InChI is InChI=1S/C21H21F5N8O/c1-12-7-20(22,23)11-33(15(12)8-28-17-10-27-16(9-29-17)21(24,25)26)19(35)18-14(4-3-13(2)32-18)34-30-5-6-31-34/h3-6,9-10,12,15H,7-8,11H2,1-2H3,(H,28,29)/t12?,15-/m1/s1. The van der Waals surface area contributed by atoms with Gasteiger partial charge in [-0.15, -0.1) is 4.80 Å². The summed E-state index contributed by atoms with van der Waals surface area (Å²) in [7, 11) is 0. The summed E-state index contributed by atoms with van der Waals surface area (Å²) in [4.78, 5) is 27.1. The van der Waals surface area contributed by atoms with E-state index in [0.717, 1.165) is 11.1 Å². The molecule has 9 nitrogen and oxygen atoms in total. The van der Waals surface area contributed by atoms with E-state index in [0.29, 0.717) is 11.9 Å². The Balaban J connectivity index is 1.61. The van der Waals surface area contributed by atoms with E-state index < -0.39 is 48.6 Å². The van der Waals surface area contributed by atoms with Crippen molar-refractivity contribution in [2.75, 3.05) is 18.4 Å². The van der Waals surface area contributed by atoms with Crippen LogP contribution in [0.2, 0.25) is 0 Å². The largest absolute Gasteiger partial charge is 0.434 e. The molecule has 0 aromatic carbocycles. The minimum absolute atomic E-state index is 0.0186. The van der Waals surface area contributed by atoms with Crippen molar-refractivity contribution in [1.29, 1.82) is 0 Å². The lowest BCUT2D eigenvalue weighted by Gasteiger charge is -2.43. The molecule has 4 heterocycles. The summed E-state index contributed by atoms with van der Waals surface area (Å²) in [6, 6.07) is 2.49. The van der Waals surface area contributed by atoms with Gasteiger partial charge in [-0.2, -0.15) is 23.4 Å². The molecule has 4 rings (SSSR count). The van der Waals surface area contributed by atoms with Crippen molar-refractivity contribution < 1.29 is 26.7 Å². The molecule has 0 aliphatic carbocycles. The predicted octanol–water partition coefficient (Wildman–Crippen LogP) is 3.38. The maximum absolute atomic E-state index is 14.5. The van der Waals surface area contributed by atoms with Gasteiger partial charge in [-0.3, -0.25) is 4.79 Å². The molecule has 1 amide bonds. The number of hydrogen-bond acceptors (Lipinski definition) is 7. The first-order valence-corrected chi connectivity index (χ1v) is 10.6. The fourth-order valence-electron chi connectivity index (χ4n) is 4.00. The number of alkyl halides is 5. The molecule has 1 unspecified atom stereocenters. The third-order valence-corrected chi connectivity index (χ3v) is 5.62. The molecule has 1 aliphatic rings. The summed E-state index contributed by atoms with van der Waals surface area (Å²) in [6.45, 7) is 2.36. The fraction of sp³-hybridized carbons (Fsp3) is 0.429. The van der Waals surface area contributed by atoms with Crippen LogP contribution in [0, 0.1) is 12.8 Å². The number of likely N-dealkylation sites (tertiary alicyclic amines) is 1. The van der Waals surface area contributed by atoms with Crippen molar-refractivity contribution in [2.45, 2.75) is 38.4 Å². The van der Waals surface area contributed by atoms with Gasteiger partial charge in [0.15, 0.2) is 11.4 Å². The van der Waals surface area contributed by atoms with Crippen LogP contribution in [-0.2, 0) is 6.18 Å². The van der Waals surface area contributed by atoms with E-state index in [1.807, 2.05) is 0 Å². The predicted molar refractivity (Wildman–Crippen MR) is 113 cm³/mol. The Morgan fingerprint density at radius 2 is 1.89 bits per heavy atom. The third-order valence-electron chi connectivity index (χ3n) is 5.62. The number of nitrogens with one attached hydrogen (secondary N) is 1. The maximum atomic E-state index is 14.5. The highest BCUT2D eigenvalue weighted by atomic mass is 19.4. The summed E-state index contributed by atoms with van der Waals surface area (Å²) in [5, 5.41) is 10.8. The average molecular weight is 496 g/mol. The zero-order chi connectivity index (χ0) is 25.4. The first-order chi connectivity index (χ1) is 16.4. The highest BCUT2D eigenvalue weighted by molar-refractivity contribution is 5.96. The molecule has 3 aromatic heterocycles. The molecule has 0 spiro atoms. The van der Waals surface area contributed by atoms with Crippen LogP contribution in [0.4, 0.5) is 27.8 Å². The molecule has 0 radical (unpaired) electrons. The normalized spacial score (nSPS) is 20.0. The van der Waals surface area contributed by atoms with Crippen LogP contribution in [0.3, 0.4) is 0 Å². The van der Waals surface area contributed by atoms with Gasteiger partial charge in [-0.25, -0.2) is 23.7 Å². The van der Waals surface area contributed by atoms with Crippen LogP contribution >= 0.6 is 0 Å². The molecule has 2 atom stereocenters. The summed E-state index contributed by atoms with van der Waals surface area (Å²) >= 11 is 0. The van der Waals surface area contributed by atoms with Crippen LogP contribution in [0.15, 0.2) is 36.9 Å². The van der Waals surface area contributed by atoms with Gasteiger partial charge in [0, 0.05) is 18.7 Å². The lowest BCUT2D eigenvalue weighted by Crippen LogP contribution is -2.57. The van der Waals surface area contributed by atoms with E-state index in [-0.39, 0.29) is 23.7 Å².